The molecule has 0 aromatic rings. The smallest absolute Gasteiger partial charge is 0.0558 e. The fourth-order valence-electron chi connectivity index (χ4n) is 3.26. The molecule has 1 aliphatic rings. The number of nitrogens with one attached hydrogen (secondary N) is 1. The van der Waals surface area contributed by atoms with E-state index in [-0.39, 0.29) is 6.61 Å². The Hall–Kier alpha value is -0.120. The van der Waals surface area contributed by atoms with Gasteiger partial charge in [0.2, 0.25) is 0 Å². The standard InChI is InChI=1S/C16H34N2O/c1-5-17-15(16(2,3)4)10-11-18(12-13-19)14-8-6-7-9-14/h14-15,17,19H,5-13H2,1-4H3. The number of nitrogens with zero attached hydrogens (tertiary/aromatic N) is 1. The average molecular weight is 270 g/mol. The lowest BCUT2D eigenvalue weighted by Gasteiger charge is -2.35. The number of aliphatic hydroxyl groups is 1. The van der Waals surface area contributed by atoms with Crippen molar-refractivity contribution in [3.05, 3.63) is 0 Å². The minimum atomic E-state index is 0.290. The third-order valence-corrected chi connectivity index (χ3v) is 4.43. The summed E-state index contributed by atoms with van der Waals surface area (Å²) in [7, 11) is 0. The molecular weight excluding hydrogens is 236 g/mol. The Balaban J connectivity index is 2.48. The van der Waals surface area contributed by atoms with Crippen LogP contribution >= 0.6 is 0 Å². The Labute approximate surface area is 119 Å². The summed E-state index contributed by atoms with van der Waals surface area (Å²) in [5.74, 6) is 0. The predicted octanol–water partition coefficient (Wildman–Crippen LogP) is 2.64. The van der Waals surface area contributed by atoms with Crippen LogP contribution in [0.15, 0.2) is 0 Å². The minimum absolute atomic E-state index is 0.290. The molecule has 3 heteroatoms. The molecule has 0 saturated heterocycles. The quantitative estimate of drug-likeness (QED) is 0.712. The Morgan fingerprint density at radius 1 is 1.21 bits per heavy atom. The van der Waals surface area contributed by atoms with E-state index in [1.165, 1.54) is 32.1 Å². The fourth-order valence-corrected chi connectivity index (χ4v) is 3.26. The minimum Gasteiger partial charge on any atom is -0.395 e. The first-order chi connectivity index (χ1) is 8.99. The second-order valence-corrected chi connectivity index (χ2v) is 6.96. The first-order valence-corrected chi connectivity index (χ1v) is 8.07. The van der Waals surface area contributed by atoms with E-state index in [0.29, 0.717) is 11.5 Å². The maximum absolute atomic E-state index is 9.27. The van der Waals surface area contributed by atoms with Crippen LogP contribution in [0, 0.1) is 5.41 Å². The Morgan fingerprint density at radius 2 is 1.84 bits per heavy atom. The average Bonchev–Trinajstić information content (AvgIpc) is 2.85. The summed E-state index contributed by atoms with van der Waals surface area (Å²) < 4.78 is 0. The zero-order valence-corrected chi connectivity index (χ0v) is 13.4. The molecule has 1 unspecified atom stereocenters. The Kier molecular flexibility index (Phi) is 7.33. The second-order valence-electron chi connectivity index (χ2n) is 6.96. The summed E-state index contributed by atoms with van der Waals surface area (Å²) in [6.07, 6.45) is 6.54. The molecule has 114 valence electrons. The van der Waals surface area contributed by atoms with Crippen LogP contribution in [0.2, 0.25) is 0 Å². The van der Waals surface area contributed by atoms with E-state index in [1.807, 2.05) is 0 Å². The van der Waals surface area contributed by atoms with Gasteiger partial charge in [-0.05, 0) is 31.2 Å². The summed E-state index contributed by atoms with van der Waals surface area (Å²) in [6.45, 7) is 12.4. The van der Waals surface area contributed by atoms with Crippen molar-refractivity contribution in [3.63, 3.8) is 0 Å². The highest BCUT2D eigenvalue weighted by Crippen LogP contribution is 2.26. The second kappa shape index (κ2) is 8.23. The third-order valence-electron chi connectivity index (χ3n) is 4.43. The highest BCUT2D eigenvalue weighted by molar-refractivity contribution is 4.83. The van der Waals surface area contributed by atoms with Gasteiger partial charge in [-0.1, -0.05) is 40.5 Å². The maximum Gasteiger partial charge on any atom is 0.0558 e. The first-order valence-electron chi connectivity index (χ1n) is 8.07. The zero-order valence-electron chi connectivity index (χ0n) is 13.4. The van der Waals surface area contributed by atoms with Gasteiger partial charge < -0.3 is 10.4 Å². The molecule has 0 aromatic carbocycles. The van der Waals surface area contributed by atoms with Gasteiger partial charge in [0.25, 0.3) is 0 Å². The van der Waals surface area contributed by atoms with Crippen LogP contribution < -0.4 is 5.32 Å². The van der Waals surface area contributed by atoms with Gasteiger partial charge in [0.15, 0.2) is 0 Å². The van der Waals surface area contributed by atoms with E-state index < -0.39 is 0 Å². The Bertz CT molecular complexity index is 231. The van der Waals surface area contributed by atoms with Crippen molar-refractivity contribution >= 4 is 0 Å². The highest BCUT2D eigenvalue weighted by Gasteiger charge is 2.27. The third kappa shape index (κ3) is 5.80. The van der Waals surface area contributed by atoms with E-state index in [2.05, 4.69) is 37.9 Å². The monoisotopic (exact) mass is 270 g/mol. The van der Waals surface area contributed by atoms with Crippen molar-refractivity contribution < 1.29 is 5.11 Å². The molecular formula is C16H34N2O. The topological polar surface area (TPSA) is 35.5 Å². The van der Waals surface area contributed by atoms with Crippen molar-refractivity contribution in [1.29, 1.82) is 0 Å². The van der Waals surface area contributed by atoms with Gasteiger partial charge in [0.1, 0.15) is 0 Å². The molecule has 0 radical (unpaired) electrons. The van der Waals surface area contributed by atoms with Crippen molar-refractivity contribution in [1.82, 2.24) is 10.2 Å². The van der Waals surface area contributed by atoms with E-state index in [0.717, 1.165) is 25.7 Å². The molecule has 19 heavy (non-hydrogen) atoms. The predicted molar refractivity (Wildman–Crippen MR) is 82.5 cm³/mol. The van der Waals surface area contributed by atoms with Crippen LogP contribution in [-0.2, 0) is 0 Å². The van der Waals surface area contributed by atoms with Gasteiger partial charge in [-0.15, -0.1) is 0 Å². The summed E-state index contributed by atoms with van der Waals surface area (Å²) in [5, 5.41) is 12.9. The van der Waals surface area contributed by atoms with Crippen molar-refractivity contribution in [3.8, 4) is 0 Å². The molecule has 3 nitrogen and oxygen atoms in total. The SMILES string of the molecule is CCNC(CCN(CCO)C1CCCC1)C(C)(C)C. The number of hydrogen-bond acceptors (Lipinski definition) is 3. The molecule has 1 rings (SSSR count). The van der Waals surface area contributed by atoms with Crippen LogP contribution in [0.3, 0.4) is 0 Å². The molecule has 0 bridgehead atoms. The summed E-state index contributed by atoms with van der Waals surface area (Å²) in [6, 6.07) is 1.27. The number of hydrogen-bond donors (Lipinski definition) is 2. The van der Waals surface area contributed by atoms with Gasteiger partial charge in [0.05, 0.1) is 6.61 Å². The van der Waals surface area contributed by atoms with Crippen LogP contribution in [0.5, 0.6) is 0 Å². The van der Waals surface area contributed by atoms with Crippen molar-refractivity contribution in [2.75, 3.05) is 26.2 Å². The molecule has 0 aromatic heterocycles. The molecule has 1 atom stereocenters. The number of aliphatic hydroxyl groups excluding tert-OH is 1. The van der Waals surface area contributed by atoms with Gasteiger partial charge in [-0.3, -0.25) is 4.90 Å². The van der Waals surface area contributed by atoms with E-state index >= 15 is 0 Å². The van der Waals surface area contributed by atoms with Gasteiger partial charge >= 0.3 is 0 Å². The van der Waals surface area contributed by atoms with Crippen LogP contribution in [0.4, 0.5) is 0 Å². The van der Waals surface area contributed by atoms with Crippen LogP contribution in [-0.4, -0.2) is 48.3 Å². The molecule has 1 saturated carbocycles. The van der Waals surface area contributed by atoms with Crippen LogP contribution in [0.25, 0.3) is 0 Å². The summed E-state index contributed by atoms with van der Waals surface area (Å²) in [5.41, 5.74) is 0.302. The van der Waals surface area contributed by atoms with E-state index in [9.17, 15) is 5.11 Å². The Morgan fingerprint density at radius 3 is 2.32 bits per heavy atom. The lowest BCUT2D eigenvalue weighted by Crippen LogP contribution is -2.44. The zero-order chi connectivity index (χ0) is 14.3. The summed E-state index contributed by atoms with van der Waals surface area (Å²) >= 11 is 0. The largest absolute Gasteiger partial charge is 0.395 e. The van der Waals surface area contributed by atoms with Crippen molar-refractivity contribution in [2.24, 2.45) is 5.41 Å². The van der Waals surface area contributed by atoms with Crippen LogP contribution in [0.1, 0.15) is 59.8 Å². The fraction of sp³-hybridized carbons (Fsp3) is 1.00. The van der Waals surface area contributed by atoms with Crippen molar-refractivity contribution in [2.45, 2.75) is 71.9 Å². The molecule has 0 aliphatic heterocycles. The molecule has 1 fully saturated rings. The van der Waals surface area contributed by atoms with E-state index in [1.54, 1.807) is 0 Å². The van der Waals surface area contributed by atoms with Gasteiger partial charge in [-0.2, -0.15) is 0 Å². The molecule has 0 amide bonds. The normalized spacial score (nSPS) is 19.3. The molecule has 2 N–H and O–H groups in total. The van der Waals surface area contributed by atoms with Gasteiger partial charge in [0, 0.05) is 25.2 Å². The molecule has 0 heterocycles. The molecule has 1 aliphatic carbocycles. The first kappa shape index (κ1) is 16.9. The lowest BCUT2D eigenvalue weighted by atomic mass is 9.84. The highest BCUT2D eigenvalue weighted by atomic mass is 16.3. The number of rotatable bonds is 8. The van der Waals surface area contributed by atoms with E-state index in [4.69, 9.17) is 0 Å². The van der Waals surface area contributed by atoms with Gasteiger partial charge in [-0.25, -0.2) is 0 Å². The lowest BCUT2D eigenvalue weighted by molar-refractivity contribution is 0.134. The molecule has 0 spiro atoms. The maximum atomic E-state index is 9.27. The summed E-state index contributed by atoms with van der Waals surface area (Å²) in [4.78, 5) is 2.52.